The minimum Gasteiger partial charge on any atom is -0.481 e. The van der Waals surface area contributed by atoms with Crippen molar-refractivity contribution < 1.29 is 33.8 Å². The van der Waals surface area contributed by atoms with E-state index in [0.717, 1.165) is 13.8 Å². The second kappa shape index (κ2) is 6.36. The lowest BCUT2D eigenvalue weighted by Crippen LogP contribution is -2.46. The van der Waals surface area contributed by atoms with E-state index in [4.69, 9.17) is 14.6 Å². The number of carbonyl (C=O) groups excluding carboxylic acids is 3. The maximum absolute atomic E-state index is 11.2. The summed E-state index contributed by atoms with van der Waals surface area (Å²) in [4.78, 5) is 44.5. The highest BCUT2D eigenvalue weighted by molar-refractivity contribution is 5.76. The van der Waals surface area contributed by atoms with Crippen molar-refractivity contribution in [2.75, 3.05) is 0 Å². The monoisotopic (exact) mass is 287 g/mol. The number of aliphatic carboxylic acids is 1. The van der Waals surface area contributed by atoms with Crippen LogP contribution in [-0.4, -0.2) is 47.2 Å². The van der Waals surface area contributed by atoms with Gasteiger partial charge in [0, 0.05) is 20.8 Å². The Morgan fingerprint density at radius 1 is 1.00 bits per heavy atom. The molecule has 1 aliphatic carbocycles. The van der Waals surface area contributed by atoms with Crippen LogP contribution in [0.4, 0.5) is 0 Å². The molecule has 112 valence electrons. The molecule has 8 heteroatoms. The van der Waals surface area contributed by atoms with Gasteiger partial charge in [0.15, 0.2) is 12.2 Å². The summed E-state index contributed by atoms with van der Waals surface area (Å²) >= 11 is 0. The highest BCUT2D eigenvalue weighted by Crippen LogP contribution is 2.32. The predicted octanol–water partition coefficient (Wildman–Crippen LogP) is -0.541. The molecule has 0 aliphatic heterocycles. The zero-order valence-corrected chi connectivity index (χ0v) is 11.4. The van der Waals surface area contributed by atoms with Crippen molar-refractivity contribution in [3.05, 3.63) is 0 Å². The van der Waals surface area contributed by atoms with E-state index in [1.165, 1.54) is 6.92 Å². The van der Waals surface area contributed by atoms with Crippen LogP contribution in [0.2, 0.25) is 0 Å². The number of amides is 1. The zero-order chi connectivity index (χ0) is 15.4. The Labute approximate surface area is 115 Å². The fourth-order valence-electron chi connectivity index (χ4n) is 2.32. The number of carboxylic acid groups (broad SMARTS) is 1. The van der Waals surface area contributed by atoms with E-state index >= 15 is 0 Å². The third-order valence-electron chi connectivity index (χ3n) is 2.93. The summed E-state index contributed by atoms with van der Waals surface area (Å²) in [7, 11) is 0. The summed E-state index contributed by atoms with van der Waals surface area (Å²) in [6.45, 7) is 3.55. The molecular formula is C12H17NO7. The summed E-state index contributed by atoms with van der Waals surface area (Å²) in [5.41, 5.74) is 0. The molecule has 1 saturated carbocycles. The number of nitrogens with one attached hydrogen (secondary N) is 1. The van der Waals surface area contributed by atoms with Gasteiger partial charge in [-0.3, -0.25) is 19.2 Å². The van der Waals surface area contributed by atoms with E-state index < -0.39 is 42.1 Å². The Kier molecular flexibility index (Phi) is 5.06. The van der Waals surface area contributed by atoms with Crippen molar-refractivity contribution in [1.82, 2.24) is 5.32 Å². The van der Waals surface area contributed by atoms with Gasteiger partial charge in [0.05, 0.1) is 12.0 Å². The summed E-state index contributed by atoms with van der Waals surface area (Å²) in [5, 5.41) is 11.7. The second-order valence-electron chi connectivity index (χ2n) is 4.64. The average molecular weight is 287 g/mol. The van der Waals surface area contributed by atoms with Crippen molar-refractivity contribution >= 4 is 23.8 Å². The maximum Gasteiger partial charge on any atom is 0.310 e. The van der Waals surface area contributed by atoms with Crippen LogP contribution in [0.25, 0.3) is 0 Å². The van der Waals surface area contributed by atoms with E-state index in [9.17, 15) is 19.2 Å². The Morgan fingerprint density at radius 3 is 1.90 bits per heavy atom. The minimum atomic E-state index is -1.18. The van der Waals surface area contributed by atoms with Gasteiger partial charge in [-0.25, -0.2) is 0 Å². The van der Waals surface area contributed by atoms with Crippen LogP contribution in [0.1, 0.15) is 27.2 Å². The first-order valence-electron chi connectivity index (χ1n) is 6.06. The number of rotatable bonds is 4. The van der Waals surface area contributed by atoms with Gasteiger partial charge in [0.1, 0.15) is 0 Å². The van der Waals surface area contributed by atoms with E-state index in [0.29, 0.717) is 0 Å². The van der Waals surface area contributed by atoms with E-state index in [1.807, 2.05) is 0 Å². The number of hydrogen-bond donors (Lipinski definition) is 2. The molecule has 8 nitrogen and oxygen atoms in total. The molecule has 0 heterocycles. The largest absolute Gasteiger partial charge is 0.481 e. The lowest BCUT2D eigenvalue weighted by molar-refractivity contribution is -0.170. The molecule has 1 fully saturated rings. The summed E-state index contributed by atoms with van der Waals surface area (Å²) < 4.78 is 9.99. The number of ether oxygens (including phenoxy) is 2. The normalized spacial score (nSPS) is 28.6. The molecule has 0 saturated heterocycles. The highest BCUT2D eigenvalue weighted by Gasteiger charge is 2.51. The van der Waals surface area contributed by atoms with Gasteiger partial charge >= 0.3 is 17.9 Å². The molecule has 0 spiro atoms. The molecule has 0 aromatic heterocycles. The number of carboxylic acids is 1. The highest BCUT2D eigenvalue weighted by atomic mass is 16.6. The van der Waals surface area contributed by atoms with Gasteiger partial charge in [-0.2, -0.15) is 0 Å². The molecule has 1 amide bonds. The molecular weight excluding hydrogens is 270 g/mol. The fourth-order valence-corrected chi connectivity index (χ4v) is 2.32. The molecule has 2 N–H and O–H groups in total. The number of esters is 2. The lowest BCUT2D eigenvalue weighted by Gasteiger charge is -2.25. The quantitative estimate of drug-likeness (QED) is 0.666. The molecule has 0 radical (unpaired) electrons. The van der Waals surface area contributed by atoms with Crippen molar-refractivity contribution in [2.24, 2.45) is 5.92 Å². The summed E-state index contributed by atoms with van der Waals surface area (Å²) in [6, 6.07) is -0.707. The minimum absolute atomic E-state index is 0.0187. The molecule has 0 aromatic rings. The van der Waals surface area contributed by atoms with Crippen LogP contribution in [-0.2, 0) is 28.7 Å². The smallest absolute Gasteiger partial charge is 0.310 e. The van der Waals surface area contributed by atoms with Gasteiger partial charge < -0.3 is 19.9 Å². The van der Waals surface area contributed by atoms with Gasteiger partial charge in [-0.05, 0) is 6.42 Å². The molecule has 1 aliphatic rings. The molecule has 4 atom stereocenters. The second-order valence-corrected chi connectivity index (χ2v) is 4.64. The summed E-state index contributed by atoms with van der Waals surface area (Å²) in [6.07, 6.45) is -2.11. The van der Waals surface area contributed by atoms with Crippen LogP contribution < -0.4 is 5.32 Å². The topological polar surface area (TPSA) is 119 Å². The van der Waals surface area contributed by atoms with Gasteiger partial charge in [0.25, 0.3) is 0 Å². The van der Waals surface area contributed by atoms with Crippen LogP contribution in [0.15, 0.2) is 0 Å². The van der Waals surface area contributed by atoms with Crippen LogP contribution >= 0.6 is 0 Å². The summed E-state index contributed by atoms with van der Waals surface area (Å²) in [5.74, 6) is -3.93. The van der Waals surface area contributed by atoms with Crippen LogP contribution in [0, 0.1) is 5.92 Å². The first-order chi connectivity index (χ1) is 9.22. The van der Waals surface area contributed by atoms with Crippen molar-refractivity contribution in [3.8, 4) is 0 Å². The average Bonchev–Trinajstić information content (AvgIpc) is 2.56. The SMILES string of the molecule is CC(=O)NC1CC(C(=O)O)C(OC(C)=O)C1OC(C)=O. The Bertz CT molecular complexity index is 434. The number of hydrogen-bond acceptors (Lipinski definition) is 6. The molecule has 0 bridgehead atoms. The lowest BCUT2D eigenvalue weighted by atomic mass is 10.1. The van der Waals surface area contributed by atoms with Gasteiger partial charge in [-0.1, -0.05) is 0 Å². The Hall–Kier alpha value is -2.12. The maximum atomic E-state index is 11.2. The van der Waals surface area contributed by atoms with Crippen LogP contribution in [0.5, 0.6) is 0 Å². The first kappa shape index (κ1) is 15.9. The molecule has 1 rings (SSSR count). The van der Waals surface area contributed by atoms with E-state index in [1.54, 1.807) is 0 Å². The first-order valence-corrected chi connectivity index (χ1v) is 6.06. The van der Waals surface area contributed by atoms with Crippen LogP contribution in [0.3, 0.4) is 0 Å². The fraction of sp³-hybridized carbons (Fsp3) is 0.667. The van der Waals surface area contributed by atoms with Crippen molar-refractivity contribution in [2.45, 2.75) is 45.4 Å². The van der Waals surface area contributed by atoms with Crippen molar-refractivity contribution in [3.63, 3.8) is 0 Å². The molecule has 4 unspecified atom stereocenters. The number of carbonyl (C=O) groups is 4. The standard InChI is InChI=1S/C12H17NO7/c1-5(14)13-9-4-8(12(17)18)10(19-6(2)15)11(9)20-7(3)16/h8-11H,4H2,1-3H3,(H,13,14)(H,17,18). The van der Waals surface area contributed by atoms with Gasteiger partial charge in [-0.15, -0.1) is 0 Å². The molecule has 20 heavy (non-hydrogen) atoms. The van der Waals surface area contributed by atoms with Gasteiger partial charge in [0.2, 0.25) is 5.91 Å². The third-order valence-corrected chi connectivity index (χ3v) is 2.93. The zero-order valence-electron chi connectivity index (χ0n) is 11.4. The van der Waals surface area contributed by atoms with E-state index in [-0.39, 0.29) is 12.3 Å². The predicted molar refractivity (Wildman–Crippen MR) is 64.5 cm³/mol. The van der Waals surface area contributed by atoms with Crippen molar-refractivity contribution in [1.29, 1.82) is 0 Å². The molecule has 0 aromatic carbocycles. The Balaban J connectivity index is 3.01. The van der Waals surface area contributed by atoms with E-state index in [2.05, 4.69) is 5.32 Å². The third kappa shape index (κ3) is 3.94. The Morgan fingerprint density at radius 2 is 1.50 bits per heavy atom.